The summed E-state index contributed by atoms with van der Waals surface area (Å²) in [6.45, 7) is 2.70. The molecule has 1 rings (SSSR count). The highest BCUT2D eigenvalue weighted by Gasteiger charge is 2.13. The molecule has 1 aromatic carbocycles. The Labute approximate surface area is 95.8 Å². The summed E-state index contributed by atoms with van der Waals surface area (Å²) >= 11 is 0. The number of ether oxygens (including phenoxy) is 1. The van der Waals surface area contributed by atoms with Crippen molar-refractivity contribution in [3.05, 3.63) is 35.4 Å². The minimum absolute atomic E-state index is 0.106. The van der Waals surface area contributed by atoms with Crippen molar-refractivity contribution in [3.63, 3.8) is 0 Å². The SMILES string of the molecule is COCC(CN)NC(=O)c1ccccc1C. The van der Waals surface area contributed by atoms with E-state index in [-0.39, 0.29) is 11.9 Å². The van der Waals surface area contributed by atoms with Gasteiger partial charge in [0, 0.05) is 19.2 Å². The minimum Gasteiger partial charge on any atom is -0.383 e. The van der Waals surface area contributed by atoms with Crippen molar-refractivity contribution in [2.75, 3.05) is 20.3 Å². The first-order valence-corrected chi connectivity index (χ1v) is 5.24. The fourth-order valence-electron chi connectivity index (χ4n) is 1.46. The minimum atomic E-state index is -0.142. The molecule has 1 atom stereocenters. The van der Waals surface area contributed by atoms with E-state index < -0.39 is 0 Å². The van der Waals surface area contributed by atoms with E-state index in [1.807, 2.05) is 25.1 Å². The van der Waals surface area contributed by atoms with Crippen LogP contribution in [0.25, 0.3) is 0 Å². The molecular weight excluding hydrogens is 204 g/mol. The molecule has 0 saturated carbocycles. The Kier molecular flexibility index (Phi) is 4.95. The Morgan fingerprint density at radius 2 is 2.19 bits per heavy atom. The van der Waals surface area contributed by atoms with E-state index in [1.165, 1.54) is 0 Å². The molecule has 0 heterocycles. The van der Waals surface area contributed by atoms with Crippen LogP contribution in [-0.2, 0) is 4.74 Å². The average Bonchev–Trinajstić information content (AvgIpc) is 2.28. The van der Waals surface area contributed by atoms with Crippen molar-refractivity contribution < 1.29 is 9.53 Å². The number of amides is 1. The number of hydrogen-bond acceptors (Lipinski definition) is 3. The predicted molar refractivity (Wildman–Crippen MR) is 63.4 cm³/mol. The second-order valence-electron chi connectivity index (χ2n) is 3.68. The molecule has 0 aliphatic carbocycles. The molecule has 16 heavy (non-hydrogen) atoms. The molecule has 1 amide bonds. The summed E-state index contributed by atoms with van der Waals surface area (Å²) in [5, 5.41) is 2.84. The van der Waals surface area contributed by atoms with Crippen LogP contribution in [0.1, 0.15) is 15.9 Å². The third-order valence-corrected chi connectivity index (χ3v) is 2.38. The molecule has 0 spiro atoms. The number of methoxy groups -OCH3 is 1. The van der Waals surface area contributed by atoms with Gasteiger partial charge in [0.1, 0.15) is 0 Å². The monoisotopic (exact) mass is 222 g/mol. The van der Waals surface area contributed by atoms with E-state index >= 15 is 0 Å². The summed E-state index contributed by atoms with van der Waals surface area (Å²) in [7, 11) is 1.59. The van der Waals surface area contributed by atoms with Gasteiger partial charge in [-0.15, -0.1) is 0 Å². The summed E-state index contributed by atoms with van der Waals surface area (Å²) in [5.41, 5.74) is 7.16. The highest BCUT2D eigenvalue weighted by atomic mass is 16.5. The molecule has 0 radical (unpaired) electrons. The van der Waals surface area contributed by atoms with Gasteiger partial charge in [-0.25, -0.2) is 0 Å². The molecule has 0 aliphatic heterocycles. The molecule has 88 valence electrons. The number of carbonyl (C=O) groups is 1. The lowest BCUT2D eigenvalue weighted by Gasteiger charge is -2.16. The zero-order valence-corrected chi connectivity index (χ0v) is 9.69. The Hall–Kier alpha value is -1.39. The number of carbonyl (C=O) groups excluding carboxylic acids is 1. The van der Waals surface area contributed by atoms with Gasteiger partial charge in [0.25, 0.3) is 5.91 Å². The molecule has 1 aromatic rings. The third-order valence-electron chi connectivity index (χ3n) is 2.38. The zero-order valence-electron chi connectivity index (χ0n) is 9.69. The molecule has 1 unspecified atom stereocenters. The predicted octanol–water partition coefficient (Wildman–Crippen LogP) is 0.699. The Morgan fingerprint density at radius 1 is 1.50 bits per heavy atom. The van der Waals surface area contributed by atoms with Gasteiger partial charge in [-0.05, 0) is 18.6 Å². The van der Waals surface area contributed by atoms with Gasteiger partial charge < -0.3 is 15.8 Å². The quantitative estimate of drug-likeness (QED) is 0.770. The fraction of sp³-hybridized carbons (Fsp3) is 0.417. The van der Waals surface area contributed by atoms with Crippen LogP contribution in [0.5, 0.6) is 0 Å². The maximum absolute atomic E-state index is 11.9. The number of rotatable bonds is 5. The first kappa shape index (κ1) is 12.7. The van der Waals surface area contributed by atoms with E-state index in [0.717, 1.165) is 5.56 Å². The molecule has 0 bridgehead atoms. The van der Waals surface area contributed by atoms with Crippen LogP contribution in [0.15, 0.2) is 24.3 Å². The molecule has 0 saturated heterocycles. The average molecular weight is 222 g/mol. The summed E-state index contributed by atoms with van der Waals surface area (Å²) < 4.78 is 4.97. The maximum Gasteiger partial charge on any atom is 0.251 e. The van der Waals surface area contributed by atoms with Crippen molar-refractivity contribution >= 4 is 5.91 Å². The van der Waals surface area contributed by atoms with Gasteiger partial charge >= 0.3 is 0 Å². The molecule has 0 aromatic heterocycles. The van der Waals surface area contributed by atoms with Gasteiger partial charge in [0.15, 0.2) is 0 Å². The molecule has 0 aliphatic rings. The van der Waals surface area contributed by atoms with Crippen molar-refractivity contribution in [1.82, 2.24) is 5.32 Å². The lowest BCUT2D eigenvalue weighted by Crippen LogP contribution is -2.43. The highest BCUT2D eigenvalue weighted by molar-refractivity contribution is 5.95. The third kappa shape index (κ3) is 3.32. The van der Waals surface area contributed by atoms with Gasteiger partial charge in [-0.2, -0.15) is 0 Å². The van der Waals surface area contributed by atoms with Crippen molar-refractivity contribution in [2.24, 2.45) is 5.73 Å². The summed E-state index contributed by atoms with van der Waals surface area (Å²) in [5.74, 6) is -0.106. The second-order valence-corrected chi connectivity index (χ2v) is 3.68. The first-order chi connectivity index (χ1) is 7.69. The van der Waals surface area contributed by atoms with Crippen LogP contribution in [0.2, 0.25) is 0 Å². The van der Waals surface area contributed by atoms with Gasteiger partial charge in [0.2, 0.25) is 0 Å². The van der Waals surface area contributed by atoms with Crippen LogP contribution >= 0.6 is 0 Å². The Morgan fingerprint density at radius 3 is 2.75 bits per heavy atom. The van der Waals surface area contributed by atoms with E-state index in [0.29, 0.717) is 18.7 Å². The smallest absolute Gasteiger partial charge is 0.251 e. The Bertz CT molecular complexity index is 353. The Balaban J connectivity index is 2.68. The zero-order chi connectivity index (χ0) is 12.0. The number of hydrogen-bond donors (Lipinski definition) is 2. The van der Waals surface area contributed by atoms with Gasteiger partial charge in [0.05, 0.1) is 12.6 Å². The van der Waals surface area contributed by atoms with E-state index in [2.05, 4.69) is 5.32 Å². The molecule has 3 N–H and O–H groups in total. The molecule has 4 heteroatoms. The van der Waals surface area contributed by atoms with Crippen LogP contribution in [0.4, 0.5) is 0 Å². The van der Waals surface area contributed by atoms with Crippen molar-refractivity contribution in [3.8, 4) is 0 Å². The van der Waals surface area contributed by atoms with E-state index in [9.17, 15) is 4.79 Å². The summed E-state index contributed by atoms with van der Waals surface area (Å²) in [4.78, 5) is 11.9. The maximum atomic E-state index is 11.9. The number of nitrogens with one attached hydrogen (secondary N) is 1. The molecular formula is C12H18N2O2. The topological polar surface area (TPSA) is 64.3 Å². The highest BCUT2D eigenvalue weighted by Crippen LogP contribution is 2.06. The van der Waals surface area contributed by atoms with E-state index in [4.69, 9.17) is 10.5 Å². The first-order valence-electron chi connectivity index (χ1n) is 5.24. The summed E-state index contributed by atoms with van der Waals surface area (Å²) in [6, 6.07) is 7.31. The van der Waals surface area contributed by atoms with Crippen molar-refractivity contribution in [2.45, 2.75) is 13.0 Å². The largest absolute Gasteiger partial charge is 0.383 e. The lowest BCUT2D eigenvalue weighted by molar-refractivity contribution is 0.0900. The number of benzene rings is 1. The van der Waals surface area contributed by atoms with Crippen LogP contribution in [0, 0.1) is 6.92 Å². The van der Waals surface area contributed by atoms with Gasteiger partial charge in [-0.3, -0.25) is 4.79 Å². The van der Waals surface area contributed by atoms with E-state index in [1.54, 1.807) is 13.2 Å². The number of aryl methyl sites for hydroxylation is 1. The molecule has 4 nitrogen and oxygen atoms in total. The molecule has 0 fully saturated rings. The summed E-state index contributed by atoms with van der Waals surface area (Å²) in [6.07, 6.45) is 0. The van der Waals surface area contributed by atoms with Crippen LogP contribution < -0.4 is 11.1 Å². The van der Waals surface area contributed by atoms with Crippen LogP contribution in [-0.4, -0.2) is 32.2 Å². The standard InChI is InChI=1S/C12H18N2O2/c1-9-5-3-4-6-11(9)12(15)14-10(7-13)8-16-2/h3-6,10H,7-8,13H2,1-2H3,(H,14,15). The van der Waals surface area contributed by atoms with Crippen LogP contribution in [0.3, 0.4) is 0 Å². The van der Waals surface area contributed by atoms with Gasteiger partial charge in [-0.1, -0.05) is 18.2 Å². The lowest BCUT2D eigenvalue weighted by atomic mass is 10.1. The van der Waals surface area contributed by atoms with Crippen molar-refractivity contribution in [1.29, 1.82) is 0 Å². The second kappa shape index (κ2) is 6.25. The fourth-order valence-corrected chi connectivity index (χ4v) is 1.46. The normalized spacial score (nSPS) is 12.2. The number of nitrogens with two attached hydrogens (primary N) is 1.